The molecule has 74 heavy (non-hydrogen) atoms. The number of amidine groups is 1. The number of aliphatic carboxylic acids is 2. The van der Waals surface area contributed by atoms with E-state index in [2.05, 4.69) is 21.3 Å². The van der Waals surface area contributed by atoms with Gasteiger partial charge in [-0.2, -0.15) is 0 Å². The Bertz CT molecular complexity index is 2300. The van der Waals surface area contributed by atoms with E-state index in [4.69, 9.17) is 25.7 Å². The van der Waals surface area contributed by atoms with Crippen molar-refractivity contribution in [2.24, 2.45) is 5.73 Å². The Balaban J connectivity index is 1.15. The van der Waals surface area contributed by atoms with Gasteiger partial charge in [0, 0.05) is 53.6 Å². The van der Waals surface area contributed by atoms with Crippen molar-refractivity contribution < 1.29 is 62.0 Å². The number of alkyl halides is 1. The van der Waals surface area contributed by atoms with E-state index in [1.54, 1.807) is 18.4 Å². The fourth-order valence-electron chi connectivity index (χ4n) is 8.40. The number of carboxylic acid groups (broad SMARTS) is 2. The van der Waals surface area contributed by atoms with Gasteiger partial charge in [-0.15, -0.1) is 11.3 Å². The van der Waals surface area contributed by atoms with Gasteiger partial charge >= 0.3 is 11.9 Å². The lowest BCUT2D eigenvalue weighted by molar-refractivity contribution is -0.142. The summed E-state index contributed by atoms with van der Waals surface area (Å²) in [4.78, 5) is 89.7. The minimum absolute atomic E-state index is 0.0592. The molecule has 1 aliphatic rings. The van der Waals surface area contributed by atoms with Crippen LogP contribution in [0.2, 0.25) is 0 Å². The molecule has 406 valence electrons. The Morgan fingerprint density at radius 2 is 1.35 bits per heavy atom. The number of rotatable bonds is 36. The number of nitrogen functional groups attached to an aromatic ring is 1. The molecule has 0 radical (unpaired) electrons. The van der Waals surface area contributed by atoms with Crippen LogP contribution in [-0.4, -0.2) is 113 Å². The Morgan fingerprint density at radius 3 is 1.91 bits per heavy atom. The number of unbranched alkanes of at least 4 members (excludes halogenated alkanes) is 13. The third-order valence-electron chi connectivity index (χ3n) is 12.6. The number of nitrogens with zero attached hydrogens (tertiary/aromatic N) is 1. The van der Waals surface area contributed by atoms with Crippen LogP contribution in [0.25, 0.3) is 0 Å². The number of amides is 5. The Kier molecular flexibility index (Phi) is 25.9. The molecule has 5 amide bonds. The molecule has 18 nitrogen and oxygen atoms in total. The number of benzene rings is 2. The molecule has 4 rings (SSSR count). The largest absolute Gasteiger partial charge is 0.481 e. The quantitative estimate of drug-likeness (QED) is 0.0158. The summed E-state index contributed by atoms with van der Waals surface area (Å²) >= 11 is 1.26. The van der Waals surface area contributed by atoms with E-state index >= 15 is 4.39 Å². The molecule has 0 spiro atoms. The summed E-state index contributed by atoms with van der Waals surface area (Å²) in [5.41, 5.74) is 4.05. The highest BCUT2D eigenvalue weighted by Crippen LogP contribution is 2.33. The molecular formula is C53H73F2N7O11S. The average molecular weight is 1050 g/mol. The van der Waals surface area contributed by atoms with Gasteiger partial charge in [0.2, 0.25) is 23.6 Å². The highest BCUT2D eigenvalue weighted by molar-refractivity contribution is 7.10. The standard InChI is InChI=1S/C53H73F2N7O11S/c1-36(44-30-38(33-74-44)49(56)57)60-51(69)43-31-53(55,34-62(43)47(65)32-59-50(68)37-18-22-40(23-19-37)73-41-24-20-39(54)21-25-41)35-72-29-28-58-45(63)27-26-42(52(70)71)61-46(64)16-14-12-10-8-6-4-2-3-5-7-9-11-13-15-17-48(66)67/h18-25,30,33,36,42-43H,2-17,26-29,31-32,34-35H2,1H3,(H3,56,57)(H,58,63)(H,59,68)(H,60,69)(H,61,64)(H,66,67)(H,70,71)/t36?,42?,43-,53+/m0/s1. The molecule has 4 atom stereocenters. The number of nitrogens with one attached hydrogen (secondary N) is 5. The molecule has 0 saturated carbocycles. The topological polar surface area (TPSA) is 280 Å². The van der Waals surface area contributed by atoms with Gasteiger partial charge in [0.05, 0.1) is 32.3 Å². The fraction of sp³-hybridized carbons (Fsp3) is 0.547. The number of thiophene rings is 1. The maximum Gasteiger partial charge on any atom is 0.326 e. The molecule has 1 aromatic heterocycles. The van der Waals surface area contributed by atoms with Crippen molar-refractivity contribution in [2.45, 2.75) is 153 Å². The first-order valence-electron chi connectivity index (χ1n) is 25.5. The van der Waals surface area contributed by atoms with Gasteiger partial charge in [0.15, 0.2) is 5.67 Å². The van der Waals surface area contributed by atoms with Gasteiger partial charge in [-0.1, -0.05) is 77.0 Å². The number of hydrogen-bond acceptors (Lipinski definition) is 11. The first-order chi connectivity index (χ1) is 35.4. The van der Waals surface area contributed by atoms with E-state index in [1.807, 2.05) is 0 Å². The summed E-state index contributed by atoms with van der Waals surface area (Å²) in [6.07, 6.45) is 14.2. The first-order valence-corrected chi connectivity index (χ1v) is 26.4. The van der Waals surface area contributed by atoms with Crippen molar-refractivity contribution in [1.29, 1.82) is 5.41 Å². The molecule has 1 aliphatic heterocycles. The molecule has 0 aliphatic carbocycles. The van der Waals surface area contributed by atoms with E-state index in [0.717, 1.165) is 62.7 Å². The lowest BCUT2D eigenvalue weighted by atomic mass is 10.0. The number of likely N-dealkylation sites (tertiary alicyclic amines) is 1. The highest BCUT2D eigenvalue weighted by atomic mass is 32.1. The zero-order valence-corrected chi connectivity index (χ0v) is 43.1. The number of carbonyl (C=O) groups excluding carboxylic acids is 5. The van der Waals surface area contributed by atoms with Crippen LogP contribution < -0.4 is 31.7 Å². The normalized spacial score (nSPS) is 15.9. The van der Waals surface area contributed by atoms with Crippen molar-refractivity contribution in [3.63, 3.8) is 0 Å². The second-order valence-electron chi connectivity index (χ2n) is 18.8. The van der Waals surface area contributed by atoms with Crippen LogP contribution in [0.15, 0.2) is 60.0 Å². The molecule has 1 fully saturated rings. The van der Waals surface area contributed by atoms with E-state index in [-0.39, 0.29) is 50.2 Å². The van der Waals surface area contributed by atoms with Crippen molar-refractivity contribution in [3.8, 4) is 11.5 Å². The predicted molar refractivity (Wildman–Crippen MR) is 275 cm³/mol. The molecule has 0 bridgehead atoms. The number of hydrogen-bond donors (Lipinski definition) is 8. The van der Waals surface area contributed by atoms with Crippen LogP contribution in [0, 0.1) is 11.2 Å². The maximum absolute atomic E-state index is 16.5. The van der Waals surface area contributed by atoms with Crippen molar-refractivity contribution in [2.75, 3.05) is 32.8 Å². The number of nitrogens with two attached hydrogens (primary N) is 1. The van der Waals surface area contributed by atoms with Crippen molar-refractivity contribution in [3.05, 3.63) is 81.8 Å². The van der Waals surface area contributed by atoms with Gasteiger partial charge in [0.25, 0.3) is 5.91 Å². The number of halogens is 2. The molecule has 2 aromatic carbocycles. The predicted octanol–water partition coefficient (Wildman–Crippen LogP) is 7.69. The summed E-state index contributed by atoms with van der Waals surface area (Å²) in [6, 6.07) is 9.85. The summed E-state index contributed by atoms with van der Waals surface area (Å²) < 4.78 is 41.1. The maximum atomic E-state index is 16.5. The Hall–Kier alpha value is -6.48. The monoisotopic (exact) mass is 1050 g/mol. The third kappa shape index (κ3) is 22.3. The van der Waals surface area contributed by atoms with E-state index in [1.165, 1.54) is 85.6 Å². The van der Waals surface area contributed by atoms with Crippen LogP contribution in [0.5, 0.6) is 11.5 Å². The minimum Gasteiger partial charge on any atom is -0.481 e. The molecular weight excluding hydrogens is 981 g/mol. The van der Waals surface area contributed by atoms with E-state index < -0.39 is 97.2 Å². The smallest absolute Gasteiger partial charge is 0.326 e. The zero-order valence-electron chi connectivity index (χ0n) is 42.2. The molecule has 2 unspecified atom stereocenters. The van der Waals surface area contributed by atoms with Crippen LogP contribution in [0.1, 0.15) is 156 Å². The van der Waals surface area contributed by atoms with Crippen LogP contribution in [0.4, 0.5) is 8.78 Å². The van der Waals surface area contributed by atoms with Crippen molar-refractivity contribution >= 4 is 58.6 Å². The molecule has 2 heterocycles. The number of carbonyl (C=O) groups is 7. The summed E-state index contributed by atoms with van der Waals surface area (Å²) in [6.45, 7) is -0.186. The van der Waals surface area contributed by atoms with Crippen LogP contribution in [-0.2, 0) is 33.5 Å². The second kappa shape index (κ2) is 32.0. The molecule has 1 saturated heterocycles. The number of carboxylic acids is 2. The SMILES string of the molecule is CC(NC(=O)[C@@H]1C[C@](F)(COCCNC(=O)CCC(NC(=O)CCCCCCCCCCCCCCCCC(=O)O)C(=O)O)CN1C(=O)CNC(=O)c1ccc(Oc2ccc(F)cc2)cc1)c1cc(C(=N)N)cs1. The zero-order chi connectivity index (χ0) is 53.9. The third-order valence-corrected chi connectivity index (χ3v) is 13.7. The van der Waals surface area contributed by atoms with Gasteiger partial charge in [-0.25, -0.2) is 13.6 Å². The lowest BCUT2D eigenvalue weighted by Gasteiger charge is -2.25. The minimum atomic E-state index is -2.21. The fourth-order valence-corrected chi connectivity index (χ4v) is 9.32. The summed E-state index contributed by atoms with van der Waals surface area (Å²) in [5, 5.41) is 38.2. The van der Waals surface area contributed by atoms with Gasteiger partial charge in [-0.05, 0) is 80.8 Å². The van der Waals surface area contributed by atoms with Gasteiger partial charge in [-0.3, -0.25) is 34.2 Å². The molecule has 3 aromatic rings. The Labute approximate surface area is 435 Å². The summed E-state index contributed by atoms with van der Waals surface area (Å²) in [5.74, 6) is -4.73. The van der Waals surface area contributed by atoms with Crippen LogP contribution in [0.3, 0.4) is 0 Å². The molecule has 21 heteroatoms. The van der Waals surface area contributed by atoms with Crippen molar-refractivity contribution in [1.82, 2.24) is 26.2 Å². The van der Waals surface area contributed by atoms with Gasteiger partial charge in [0.1, 0.15) is 35.2 Å². The number of ether oxygens (including phenoxy) is 2. The highest BCUT2D eigenvalue weighted by Gasteiger charge is 2.49. The van der Waals surface area contributed by atoms with Gasteiger partial charge < -0.3 is 51.6 Å². The lowest BCUT2D eigenvalue weighted by Crippen LogP contribution is -2.49. The first kappa shape index (κ1) is 60.1. The summed E-state index contributed by atoms with van der Waals surface area (Å²) in [7, 11) is 0. The van der Waals surface area contributed by atoms with E-state index in [9.17, 15) is 43.1 Å². The van der Waals surface area contributed by atoms with Crippen LogP contribution >= 0.6 is 11.3 Å². The van der Waals surface area contributed by atoms with E-state index in [0.29, 0.717) is 28.4 Å². The average Bonchev–Trinajstić information content (AvgIpc) is 4.01. The molecule has 9 N–H and O–H groups in total. The second-order valence-corrected chi connectivity index (χ2v) is 19.7. The Morgan fingerprint density at radius 1 is 0.784 bits per heavy atom.